The lowest BCUT2D eigenvalue weighted by molar-refractivity contribution is 0.669. The molecule has 12 aromatic carbocycles. The van der Waals surface area contributed by atoms with Gasteiger partial charge in [-0.1, -0.05) is 237 Å². The number of anilines is 3. The number of hydrogen-bond acceptors (Lipinski definition) is 2. The van der Waals surface area contributed by atoms with Gasteiger partial charge in [0.2, 0.25) is 0 Å². The van der Waals surface area contributed by atoms with Gasteiger partial charge in [0.25, 0.3) is 0 Å². The van der Waals surface area contributed by atoms with E-state index >= 15 is 0 Å². The minimum atomic E-state index is -0.493. The Kier molecular flexibility index (Phi) is 10.1. The van der Waals surface area contributed by atoms with Gasteiger partial charge in [-0.3, -0.25) is 0 Å². The summed E-state index contributed by atoms with van der Waals surface area (Å²) in [7, 11) is 0. The summed E-state index contributed by atoms with van der Waals surface area (Å²) >= 11 is 0. The molecular formula is C71H47NO. The van der Waals surface area contributed by atoms with Crippen LogP contribution in [-0.4, -0.2) is 0 Å². The van der Waals surface area contributed by atoms with Gasteiger partial charge in [-0.05, 0) is 132 Å². The Labute approximate surface area is 425 Å². The number of furan rings is 1. The smallest absolute Gasteiger partial charge is 0.136 e. The van der Waals surface area contributed by atoms with Crippen LogP contribution < -0.4 is 4.90 Å². The lowest BCUT2D eigenvalue weighted by Gasteiger charge is -2.34. The van der Waals surface area contributed by atoms with Crippen LogP contribution in [0.3, 0.4) is 0 Å². The molecule has 1 aliphatic carbocycles. The fraction of sp³-hybridized carbons (Fsp3) is 0.0141. The minimum Gasteiger partial charge on any atom is -0.456 e. The Morgan fingerprint density at radius 2 is 0.808 bits per heavy atom. The summed E-state index contributed by atoms with van der Waals surface area (Å²) in [6.45, 7) is 0. The van der Waals surface area contributed by atoms with Crippen LogP contribution in [0.4, 0.5) is 17.1 Å². The topological polar surface area (TPSA) is 16.4 Å². The molecule has 1 aromatic heterocycles. The summed E-state index contributed by atoms with van der Waals surface area (Å²) in [5.41, 5.74) is 21.6. The van der Waals surface area contributed by atoms with Crippen molar-refractivity contribution in [2.24, 2.45) is 0 Å². The Morgan fingerprint density at radius 3 is 1.58 bits per heavy atom. The van der Waals surface area contributed by atoms with Crippen molar-refractivity contribution < 1.29 is 4.42 Å². The molecule has 0 saturated carbocycles. The van der Waals surface area contributed by atoms with Crippen molar-refractivity contribution in [1.82, 2.24) is 0 Å². The van der Waals surface area contributed by atoms with E-state index in [1.54, 1.807) is 0 Å². The average Bonchev–Trinajstić information content (AvgIpc) is 4.00. The second-order valence-corrected chi connectivity index (χ2v) is 19.1. The van der Waals surface area contributed by atoms with Crippen LogP contribution in [0.1, 0.15) is 22.3 Å². The largest absolute Gasteiger partial charge is 0.456 e. The number of hydrogen-bond donors (Lipinski definition) is 0. The van der Waals surface area contributed by atoms with Crippen molar-refractivity contribution >= 4 is 49.8 Å². The second-order valence-electron chi connectivity index (χ2n) is 19.1. The van der Waals surface area contributed by atoms with Gasteiger partial charge in [0, 0.05) is 27.5 Å². The van der Waals surface area contributed by atoms with E-state index in [4.69, 9.17) is 4.42 Å². The predicted molar refractivity (Wildman–Crippen MR) is 305 cm³/mol. The molecule has 0 N–H and O–H groups in total. The quantitative estimate of drug-likeness (QED) is 0.143. The first-order chi connectivity index (χ1) is 36.2. The molecule has 73 heavy (non-hydrogen) atoms. The molecule has 0 atom stereocenters. The van der Waals surface area contributed by atoms with Crippen molar-refractivity contribution in [3.05, 3.63) is 307 Å². The zero-order valence-corrected chi connectivity index (χ0v) is 40.0. The molecule has 0 radical (unpaired) electrons. The first-order valence-electron chi connectivity index (χ1n) is 25.2. The van der Waals surface area contributed by atoms with E-state index in [9.17, 15) is 0 Å². The van der Waals surface area contributed by atoms with Crippen molar-refractivity contribution in [3.8, 4) is 55.6 Å². The lowest BCUT2D eigenvalue weighted by Crippen LogP contribution is -2.28. The maximum Gasteiger partial charge on any atom is 0.136 e. The summed E-state index contributed by atoms with van der Waals surface area (Å²) < 4.78 is 6.34. The third-order valence-electron chi connectivity index (χ3n) is 15.2. The van der Waals surface area contributed by atoms with Crippen LogP contribution in [0, 0.1) is 0 Å². The lowest BCUT2D eigenvalue weighted by atomic mass is 9.67. The van der Waals surface area contributed by atoms with Gasteiger partial charge in [0.05, 0.1) is 11.1 Å². The molecule has 0 spiro atoms. The first-order valence-corrected chi connectivity index (χ1v) is 25.2. The molecule has 342 valence electrons. The summed E-state index contributed by atoms with van der Waals surface area (Å²) in [5, 5.41) is 4.63. The summed E-state index contributed by atoms with van der Waals surface area (Å²) in [6, 6.07) is 104. The summed E-state index contributed by atoms with van der Waals surface area (Å²) in [4.78, 5) is 2.44. The molecule has 0 aliphatic heterocycles. The SMILES string of the molecule is c1ccc(-c2ccc(-c3ccc(N(c4ccc(-c5ccc6c(c5)oc5ccccc56)cc4)c4cccc(-c5cccc6c5-c5ccccc5C6(c5ccccc5)c5ccccc5)c4)c4ccccc34)cc2)cc1. The van der Waals surface area contributed by atoms with Crippen LogP contribution in [0.15, 0.2) is 290 Å². The normalized spacial score (nSPS) is 12.5. The Balaban J connectivity index is 0.933. The summed E-state index contributed by atoms with van der Waals surface area (Å²) in [6.07, 6.45) is 0. The number of para-hydroxylation sites is 1. The minimum absolute atomic E-state index is 0.493. The van der Waals surface area contributed by atoms with Gasteiger partial charge in [-0.25, -0.2) is 0 Å². The number of fused-ring (bicyclic) bond motifs is 7. The maximum atomic E-state index is 6.34. The van der Waals surface area contributed by atoms with E-state index in [0.717, 1.165) is 55.7 Å². The van der Waals surface area contributed by atoms with E-state index in [0.29, 0.717) is 0 Å². The van der Waals surface area contributed by atoms with Gasteiger partial charge >= 0.3 is 0 Å². The monoisotopic (exact) mass is 929 g/mol. The third kappa shape index (κ3) is 6.94. The van der Waals surface area contributed by atoms with Crippen LogP contribution in [0.5, 0.6) is 0 Å². The molecule has 0 unspecified atom stereocenters. The van der Waals surface area contributed by atoms with E-state index < -0.39 is 5.41 Å². The van der Waals surface area contributed by atoms with Gasteiger partial charge in [-0.15, -0.1) is 0 Å². The number of benzene rings is 12. The third-order valence-corrected chi connectivity index (χ3v) is 15.2. The molecule has 2 nitrogen and oxygen atoms in total. The molecular weight excluding hydrogens is 883 g/mol. The highest BCUT2D eigenvalue weighted by atomic mass is 16.3. The van der Waals surface area contributed by atoms with Crippen molar-refractivity contribution in [1.29, 1.82) is 0 Å². The average molecular weight is 930 g/mol. The van der Waals surface area contributed by atoms with Crippen molar-refractivity contribution in [3.63, 3.8) is 0 Å². The fourth-order valence-corrected chi connectivity index (χ4v) is 11.9. The molecule has 0 saturated heterocycles. The molecule has 2 heteroatoms. The molecule has 0 amide bonds. The predicted octanol–water partition coefficient (Wildman–Crippen LogP) is 19.2. The number of nitrogens with zero attached hydrogens (tertiary/aromatic N) is 1. The molecule has 0 bridgehead atoms. The van der Waals surface area contributed by atoms with Gasteiger partial charge in [0.15, 0.2) is 0 Å². The van der Waals surface area contributed by atoms with Gasteiger partial charge < -0.3 is 9.32 Å². The molecule has 13 aromatic rings. The molecule has 1 aliphatic rings. The first kappa shape index (κ1) is 42.4. The van der Waals surface area contributed by atoms with E-state index in [2.05, 4.69) is 278 Å². The molecule has 14 rings (SSSR count). The molecule has 1 heterocycles. The second kappa shape index (κ2) is 17.4. The van der Waals surface area contributed by atoms with Crippen molar-refractivity contribution in [2.75, 3.05) is 4.90 Å². The van der Waals surface area contributed by atoms with Crippen LogP contribution in [-0.2, 0) is 5.41 Å². The van der Waals surface area contributed by atoms with E-state index in [-0.39, 0.29) is 0 Å². The Hall–Kier alpha value is -9.50. The molecule has 0 fully saturated rings. The highest BCUT2D eigenvalue weighted by Gasteiger charge is 2.46. The highest BCUT2D eigenvalue weighted by Crippen LogP contribution is 2.58. The zero-order valence-electron chi connectivity index (χ0n) is 40.0. The van der Waals surface area contributed by atoms with Crippen LogP contribution >= 0.6 is 0 Å². The van der Waals surface area contributed by atoms with Gasteiger partial charge in [0.1, 0.15) is 11.2 Å². The number of rotatable bonds is 9. The van der Waals surface area contributed by atoms with Crippen LogP contribution in [0.25, 0.3) is 88.3 Å². The Morgan fingerprint density at radius 1 is 0.274 bits per heavy atom. The Bertz CT molecular complexity index is 4130. The highest BCUT2D eigenvalue weighted by molar-refractivity contribution is 6.08. The van der Waals surface area contributed by atoms with E-state index in [1.807, 2.05) is 12.1 Å². The zero-order chi connectivity index (χ0) is 48.3. The van der Waals surface area contributed by atoms with Crippen molar-refractivity contribution in [2.45, 2.75) is 5.41 Å². The maximum absolute atomic E-state index is 6.34. The van der Waals surface area contributed by atoms with Crippen LogP contribution in [0.2, 0.25) is 0 Å². The van der Waals surface area contributed by atoms with E-state index in [1.165, 1.54) is 72.0 Å². The standard InChI is InChI=1S/C71H47NO/c1-4-18-48(19-5-1)49-34-36-51(37-35-49)58-44-45-67(61-27-11-10-26-60(58)61)72(56-41-38-50(39-42-56)52-40-43-63-62-28-13-15-33-68(62)73-69(63)47-52)57-25-16-20-53(46-57)59-30-17-32-66-70(59)64-29-12-14-31-65(64)71(66,54-21-6-2-7-22-54)55-23-8-3-9-24-55/h1-47H. The summed E-state index contributed by atoms with van der Waals surface area (Å²) in [5.74, 6) is 0. The van der Waals surface area contributed by atoms with Gasteiger partial charge in [-0.2, -0.15) is 0 Å². The fourth-order valence-electron chi connectivity index (χ4n) is 11.9.